The van der Waals surface area contributed by atoms with Gasteiger partial charge in [0.05, 0.1) is 12.3 Å². The number of rotatable bonds is 8. The van der Waals surface area contributed by atoms with E-state index in [9.17, 15) is 0 Å². The fraction of sp³-hybridized carbons (Fsp3) is 0.688. The maximum atomic E-state index is 5.72. The fourth-order valence-electron chi connectivity index (χ4n) is 2.12. The highest BCUT2D eigenvalue weighted by Gasteiger charge is 2.14. The number of ether oxygens (including phenoxy) is 1. The Labute approximate surface area is 117 Å². The molecule has 2 atom stereocenters. The molecule has 0 aliphatic carbocycles. The second-order valence-electron chi connectivity index (χ2n) is 5.48. The van der Waals surface area contributed by atoms with Crippen LogP contribution in [0.2, 0.25) is 0 Å². The minimum Gasteiger partial charge on any atom is -0.489 e. The zero-order chi connectivity index (χ0) is 14.3. The molecule has 19 heavy (non-hydrogen) atoms. The first kappa shape index (κ1) is 16.0. The van der Waals surface area contributed by atoms with E-state index in [0.29, 0.717) is 12.0 Å². The lowest BCUT2D eigenvalue weighted by molar-refractivity contribution is 0.241. The van der Waals surface area contributed by atoms with Gasteiger partial charge in [-0.1, -0.05) is 27.2 Å². The van der Waals surface area contributed by atoms with Crippen LogP contribution in [0.15, 0.2) is 18.5 Å². The molecule has 1 N–H and O–H groups in total. The van der Waals surface area contributed by atoms with Crippen LogP contribution in [0.4, 0.5) is 0 Å². The summed E-state index contributed by atoms with van der Waals surface area (Å²) in [5.74, 6) is 1.57. The highest BCUT2D eigenvalue weighted by molar-refractivity contribution is 5.26. The van der Waals surface area contributed by atoms with Crippen LogP contribution in [-0.2, 0) is 0 Å². The largest absolute Gasteiger partial charge is 0.489 e. The molecule has 0 radical (unpaired) electrons. The summed E-state index contributed by atoms with van der Waals surface area (Å²) in [4.78, 5) is 4.31. The molecule has 0 aliphatic rings. The number of hydrogen-bond donors (Lipinski definition) is 1. The van der Waals surface area contributed by atoms with Gasteiger partial charge in [-0.3, -0.25) is 4.98 Å². The third kappa shape index (κ3) is 5.60. The quantitative estimate of drug-likeness (QED) is 0.772. The van der Waals surface area contributed by atoms with Crippen LogP contribution in [-0.4, -0.2) is 17.6 Å². The van der Waals surface area contributed by atoms with E-state index in [0.717, 1.165) is 18.7 Å². The van der Waals surface area contributed by atoms with Crippen LogP contribution in [0.1, 0.15) is 59.1 Å². The fourth-order valence-corrected chi connectivity index (χ4v) is 2.12. The van der Waals surface area contributed by atoms with Crippen molar-refractivity contribution in [2.45, 2.75) is 59.6 Å². The molecule has 0 bridgehead atoms. The van der Waals surface area contributed by atoms with Crippen molar-refractivity contribution in [1.29, 1.82) is 0 Å². The van der Waals surface area contributed by atoms with Gasteiger partial charge in [0, 0.05) is 12.2 Å². The van der Waals surface area contributed by atoms with Crippen LogP contribution in [0, 0.1) is 5.92 Å². The van der Waals surface area contributed by atoms with Crippen molar-refractivity contribution in [2.24, 2.45) is 5.92 Å². The van der Waals surface area contributed by atoms with Crippen molar-refractivity contribution in [3.63, 3.8) is 0 Å². The number of pyridine rings is 1. The predicted octanol–water partition coefficient (Wildman–Crippen LogP) is 3.96. The number of hydrogen-bond acceptors (Lipinski definition) is 3. The van der Waals surface area contributed by atoms with Crippen molar-refractivity contribution in [1.82, 2.24) is 10.3 Å². The van der Waals surface area contributed by atoms with Crippen molar-refractivity contribution < 1.29 is 4.74 Å². The molecule has 0 saturated heterocycles. The molecule has 1 aromatic rings. The maximum Gasteiger partial charge on any atom is 0.138 e. The Morgan fingerprint density at radius 1 is 1.21 bits per heavy atom. The van der Waals surface area contributed by atoms with E-state index in [2.05, 4.69) is 37.1 Å². The van der Waals surface area contributed by atoms with Crippen molar-refractivity contribution in [3.8, 4) is 5.75 Å². The SMILES string of the molecule is CCNC(CC(C)CC)c1cncc(OC(C)C)c1. The zero-order valence-corrected chi connectivity index (χ0v) is 12.9. The summed E-state index contributed by atoms with van der Waals surface area (Å²) < 4.78 is 5.72. The molecular weight excluding hydrogens is 236 g/mol. The minimum atomic E-state index is 0.184. The summed E-state index contributed by atoms with van der Waals surface area (Å²) in [7, 11) is 0. The van der Waals surface area contributed by atoms with E-state index in [4.69, 9.17) is 4.74 Å². The van der Waals surface area contributed by atoms with Crippen LogP contribution < -0.4 is 10.1 Å². The maximum absolute atomic E-state index is 5.72. The van der Waals surface area contributed by atoms with E-state index < -0.39 is 0 Å². The zero-order valence-electron chi connectivity index (χ0n) is 12.9. The third-order valence-electron chi connectivity index (χ3n) is 3.29. The average molecular weight is 264 g/mol. The molecule has 0 amide bonds. The molecular formula is C16H28N2O. The molecule has 3 nitrogen and oxygen atoms in total. The van der Waals surface area contributed by atoms with E-state index >= 15 is 0 Å². The van der Waals surface area contributed by atoms with Crippen LogP contribution in [0.25, 0.3) is 0 Å². The van der Waals surface area contributed by atoms with Gasteiger partial charge < -0.3 is 10.1 Å². The number of nitrogens with zero attached hydrogens (tertiary/aromatic N) is 1. The number of nitrogens with one attached hydrogen (secondary N) is 1. The summed E-state index contributed by atoms with van der Waals surface area (Å²) in [6.07, 6.45) is 6.26. The van der Waals surface area contributed by atoms with Crippen molar-refractivity contribution in [2.75, 3.05) is 6.54 Å². The lowest BCUT2D eigenvalue weighted by atomic mass is 9.95. The second kappa shape index (κ2) is 8.16. The van der Waals surface area contributed by atoms with Gasteiger partial charge in [-0.2, -0.15) is 0 Å². The Bertz CT molecular complexity index is 366. The standard InChI is InChI=1S/C16H28N2O/c1-6-13(5)8-16(18-7-2)14-9-15(11-17-10-14)19-12(3)4/h9-13,16,18H,6-8H2,1-5H3. The first-order valence-corrected chi connectivity index (χ1v) is 7.41. The number of aromatic nitrogens is 1. The molecule has 0 saturated carbocycles. The van der Waals surface area contributed by atoms with Gasteiger partial charge in [0.25, 0.3) is 0 Å². The summed E-state index contributed by atoms with van der Waals surface area (Å²) in [5.41, 5.74) is 1.22. The first-order valence-electron chi connectivity index (χ1n) is 7.41. The molecule has 108 valence electrons. The Hall–Kier alpha value is -1.09. The molecule has 3 heteroatoms. The molecule has 1 rings (SSSR count). The molecule has 0 fully saturated rings. The van der Waals surface area contributed by atoms with Gasteiger partial charge in [0.15, 0.2) is 0 Å². The van der Waals surface area contributed by atoms with Gasteiger partial charge in [-0.05, 0) is 44.4 Å². The van der Waals surface area contributed by atoms with Gasteiger partial charge in [-0.25, -0.2) is 0 Å². The Morgan fingerprint density at radius 3 is 2.53 bits per heavy atom. The highest BCUT2D eigenvalue weighted by atomic mass is 16.5. The molecule has 1 aromatic heterocycles. The van der Waals surface area contributed by atoms with Crippen molar-refractivity contribution in [3.05, 3.63) is 24.0 Å². The molecule has 0 aliphatic heterocycles. The van der Waals surface area contributed by atoms with Crippen molar-refractivity contribution >= 4 is 0 Å². The second-order valence-corrected chi connectivity index (χ2v) is 5.48. The molecule has 0 spiro atoms. The van der Waals surface area contributed by atoms with Crippen LogP contribution in [0.5, 0.6) is 5.75 Å². The van der Waals surface area contributed by atoms with E-state index in [1.54, 1.807) is 6.20 Å². The van der Waals surface area contributed by atoms with E-state index in [-0.39, 0.29) is 6.10 Å². The van der Waals surface area contributed by atoms with Gasteiger partial charge >= 0.3 is 0 Å². The van der Waals surface area contributed by atoms with Gasteiger partial charge in [-0.15, -0.1) is 0 Å². The first-order chi connectivity index (χ1) is 9.06. The lowest BCUT2D eigenvalue weighted by Gasteiger charge is -2.22. The van der Waals surface area contributed by atoms with Crippen LogP contribution >= 0.6 is 0 Å². The molecule has 2 unspecified atom stereocenters. The summed E-state index contributed by atoms with van der Waals surface area (Å²) in [6.45, 7) is 11.7. The predicted molar refractivity (Wildman–Crippen MR) is 80.5 cm³/mol. The Balaban J connectivity index is 2.82. The summed E-state index contributed by atoms with van der Waals surface area (Å²) in [5, 5.41) is 3.55. The molecule has 1 heterocycles. The average Bonchev–Trinajstić information content (AvgIpc) is 2.37. The normalized spacial score (nSPS) is 14.4. The van der Waals surface area contributed by atoms with E-state index in [1.807, 2.05) is 20.0 Å². The third-order valence-corrected chi connectivity index (χ3v) is 3.29. The highest BCUT2D eigenvalue weighted by Crippen LogP contribution is 2.25. The van der Waals surface area contributed by atoms with E-state index in [1.165, 1.54) is 12.0 Å². The Kier molecular flexibility index (Phi) is 6.85. The Morgan fingerprint density at radius 2 is 1.95 bits per heavy atom. The monoisotopic (exact) mass is 264 g/mol. The smallest absolute Gasteiger partial charge is 0.138 e. The molecule has 0 aromatic carbocycles. The minimum absolute atomic E-state index is 0.184. The summed E-state index contributed by atoms with van der Waals surface area (Å²) in [6, 6.07) is 2.48. The van der Waals surface area contributed by atoms with Gasteiger partial charge in [0.1, 0.15) is 5.75 Å². The van der Waals surface area contributed by atoms with Crippen LogP contribution in [0.3, 0.4) is 0 Å². The lowest BCUT2D eigenvalue weighted by Crippen LogP contribution is -2.23. The van der Waals surface area contributed by atoms with Gasteiger partial charge in [0.2, 0.25) is 0 Å². The summed E-state index contributed by atoms with van der Waals surface area (Å²) >= 11 is 0. The topological polar surface area (TPSA) is 34.2 Å².